The first-order valence-corrected chi connectivity index (χ1v) is 9.72. The Balaban J connectivity index is 1.66. The third-order valence-electron chi connectivity index (χ3n) is 5.36. The fourth-order valence-electron chi connectivity index (χ4n) is 4.09. The van der Waals surface area contributed by atoms with E-state index in [2.05, 4.69) is 76.6 Å². The summed E-state index contributed by atoms with van der Waals surface area (Å²) in [6, 6.07) is 35.4. The number of anilines is 2. The van der Waals surface area contributed by atoms with Crippen LogP contribution in [0.5, 0.6) is 0 Å². The van der Waals surface area contributed by atoms with Crippen molar-refractivity contribution in [2.75, 3.05) is 5.32 Å². The Hall–Kier alpha value is -3.98. The van der Waals surface area contributed by atoms with E-state index in [0.717, 1.165) is 44.6 Å². The van der Waals surface area contributed by atoms with E-state index in [1.807, 2.05) is 36.4 Å². The van der Waals surface area contributed by atoms with E-state index in [0.29, 0.717) is 0 Å². The Morgan fingerprint density at radius 3 is 2.17 bits per heavy atom. The van der Waals surface area contributed by atoms with Gasteiger partial charge in [-0.2, -0.15) is 0 Å². The molecule has 3 nitrogen and oxygen atoms in total. The van der Waals surface area contributed by atoms with Gasteiger partial charge in [-0.3, -0.25) is 4.57 Å². The van der Waals surface area contributed by atoms with E-state index in [1.54, 1.807) is 0 Å². The minimum Gasteiger partial charge on any atom is -0.439 e. The SMILES string of the molecule is c1ccc(Nc2ccc3c4c5ccccc5oc4n(-c4ccccc4)c3c2)cc1. The summed E-state index contributed by atoms with van der Waals surface area (Å²) < 4.78 is 8.53. The molecule has 0 aliphatic rings. The van der Waals surface area contributed by atoms with Crippen LogP contribution >= 0.6 is 0 Å². The van der Waals surface area contributed by atoms with Gasteiger partial charge in [0.05, 0.1) is 10.9 Å². The molecule has 0 saturated heterocycles. The number of nitrogens with zero attached hydrogens (tertiary/aromatic N) is 1. The molecule has 0 atom stereocenters. The molecule has 0 saturated carbocycles. The van der Waals surface area contributed by atoms with Crippen molar-refractivity contribution >= 4 is 44.3 Å². The molecule has 2 heterocycles. The van der Waals surface area contributed by atoms with Crippen molar-refractivity contribution in [3.05, 3.63) is 103 Å². The van der Waals surface area contributed by atoms with Gasteiger partial charge in [0.25, 0.3) is 0 Å². The molecule has 0 aliphatic carbocycles. The van der Waals surface area contributed by atoms with Crippen LogP contribution in [-0.2, 0) is 0 Å². The maximum absolute atomic E-state index is 6.32. The molecule has 0 radical (unpaired) electrons. The van der Waals surface area contributed by atoms with Gasteiger partial charge in [-0.1, -0.05) is 54.6 Å². The quantitative estimate of drug-likeness (QED) is 0.353. The zero-order valence-electron chi connectivity index (χ0n) is 15.7. The molecule has 0 aliphatic heterocycles. The van der Waals surface area contributed by atoms with Gasteiger partial charge < -0.3 is 9.73 Å². The van der Waals surface area contributed by atoms with E-state index >= 15 is 0 Å². The molecular weight excluding hydrogens is 356 g/mol. The number of benzene rings is 4. The van der Waals surface area contributed by atoms with Gasteiger partial charge in [0.2, 0.25) is 5.71 Å². The molecule has 4 aromatic carbocycles. The number of hydrogen-bond donors (Lipinski definition) is 1. The lowest BCUT2D eigenvalue weighted by atomic mass is 10.1. The van der Waals surface area contributed by atoms with Gasteiger partial charge in [0, 0.05) is 27.8 Å². The molecule has 29 heavy (non-hydrogen) atoms. The van der Waals surface area contributed by atoms with Crippen molar-refractivity contribution < 1.29 is 4.42 Å². The third-order valence-corrected chi connectivity index (χ3v) is 5.36. The van der Waals surface area contributed by atoms with Crippen LogP contribution < -0.4 is 5.32 Å². The van der Waals surface area contributed by atoms with Crippen LogP contribution in [0, 0.1) is 0 Å². The normalized spacial score (nSPS) is 11.4. The molecule has 2 aromatic heterocycles. The van der Waals surface area contributed by atoms with E-state index in [-0.39, 0.29) is 0 Å². The third kappa shape index (κ3) is 2.52. The van der Waals surface area contributed by atoms with E-state index in [4.69, 9.17) is 4.42 Å². The maximum Gasteiger partial charge on any atom is 0.213 e. The molecule has 1 N–H and O–H groups in total. The van der Waals surface area contributed by atoms with Crippen LogP contribution in [-0.4, -0.2) is 4.57 Å². The summed E-state index contributed by atoms with van der Waals surface area (Å²) >= 11 is 0. The number of para-hydroxylation sites is 3. The second-order valence-electron chi connectivity index (χ2n) is 7.17. The first-order valence-electron chi connectivity index (χ1n) is 9.72. The number of furan rings is 1. The fraction of sp³-hybridized carbons (Fsp3) is 0. The van der Waals surface area contributed by atoms with Crippen molar-refractivity contribution in [2.45, 2.75) is 0 Å². The van der Waals surface area contributed by atoms with Gasteiger partial charge in [-0.15, -0.1) is 0 Å². The number of rotatable bonds is 3. The Labute approximate surface area is 167 Å². The molecular formula is C26H18N2O. The Bertz CT molecular complexity index is 1460. The molecule has 3 heteroatoms. The molecule has 138 valence electrons. The zero-order chi connectivity index (χ0) is 19.2. The lowest BCUT2D eigenvalue weighted by molar-refractivity contribution is 0.645. The Kier molecular flexibility index (Phi) is 3.47. The Morgan fingerprint density at radius 2 is 1.34 bits per heavy atom. The summed E-state index contributed by atoms with van der Waals surface area (Å²) in [5, 5.41) is 6.99. The van der Waals surface area contributed by atoms with Gasteiger partial charge in [0.1, 0.15) is 5.58 Å². The minimum absolute atomic E-state index is 0.879. The predicted molar refractivity (Wildman–Crippen MR) is 120 cm³/mol. The number of hydrogen-bond acceptors (Lipinski definition) is 2. The van der Waals surface area contributed by atoms with Crippen LogP contribution in [0.15, 0.2) is 108 Å². The number of nitrogens with one attached hydrogen (secondary N) is 1. The lowest BCUT2D eigenvalue weighted by Crippen LogP contribution is -1.94. The van der Waals surface area contributed by atoms with Crippen LogP contribution in [0.1, 0.15) is 0 Å². The largest absolute Gasteiger partial charge is 0.439 e. The van der Waals surface area contributed by atoms with Crippen molar-refractivity contribution in [1.82, 2.24) is 4.57 Å². The molecule has 6 rings (SSSR count). The highest BCUT2D eigenvalue weighted by molar-refractivity contribution is 6.20. The van der Waals surface area contributed by atoms with E-state index in [1.165, 1.54) is 5.39 Å². The monoisotopic (exact) mass is 374 g/mol. The highest BCUT2D eigenvalue weighted by atomic mass is 16.3. The predicted octanol–water partition coefficient (Wildman–Crippen LogP) is 7.27. The first-order chi connectivity index (χ1) is 14.4. The topological polar surface area (TPSA) is 30.1 Å². The standard InChI is InChI=1S/C26H18N2O/c1-3-9-18(10-4-1)27-19-15-16-21-23(17-19)28(20-11-5-2-6-12-20)26-25(21)22-13-7-8-14-24(22)29-26/h1-17,27H. The summed E-state index contributed by atoms with van der Waals surface area (Å²) in [5.74, 6) is 0. The van der Waals surface area contributed by atoms with Gasteiger partial charge in [0.15, 0.2) is 0 Å². The lowest BCUT2D eigenvalue weighted by Gasteiger charge is -2.09. The van der Waals surface area contributed by atoms with Crippen LogP contribution in [0.3, 0.4) is 0 Å². The van der Waals surface area contributed by atoms with E-state index in [9.17, 15) is 0 Å². The molecule has 0 amide bonds. The molecule has 0 bridgehead atoms. The van der Waals surface area contributed by atoms with Crippen LogP contribution in [0.4, 0.5) is 11.4 Å². The second kappa shape index (κ2) is 6.28. The van der Waals surface area contributed by atoms with Gasteiger partial charge in [-0.25, -0.2) is 0 Å². The summed E-state index contributed by atoms with van der Waals surface area (Å²) in [5.41, 5.74) is 6.11. The van der Waals surface area contributed by atoms with Crippen LogP contribution in [0.25, 0.3) is 38.7 Å². The molecule has 0 fully saturated rings. The average molecular weight is 374 g/mol. The zero-order valence-corrected chi connectivity index (χ0v) is 15.7. The second-order valence-corrected chi connectivity index (χ2v) is 7.17. The van der Waals surface area contributed by atoms with Crippen molar-refractivity contribution in [2.24, 2.45) is 0 Å². The van der Waals surface area contributed by atoms with Crippen LogP contribution in [0.2, 0.25) is 0 Å². The molecule has 0 spiro atoms. The first kappa shape index (κ1) is 16.0. The maximum atomic E-state index is 6.32. The molecule has 6 aromatic rings. The smallest absolute Gasteiger partial charge is 0.213 e. The fourth-order valence-corrected chi connectivity index (χ4v) is 4.09. The highest BCUT2D eigenvalue weighted by Gasteiger charge is 2.19. The highest BCUT2D eigenvalue weighted by Crippen LogP contribution is 2.39. The summed E-state index contributed by atoms with van der Waals surface area (Å²) in [6.07, 6.45) is 0. The number of fused-ring (bicyclic) bond motifs is 5. The Morgan fingerprint density at radius 1 is 0.621 bits per heavy atom. The minimum atomic E-state index is 0.879. The van der Waals surface area contributed by atoms with E-state index < -0.39 is 0 Å². The van der Waals surface area contributed by atoms with Crippen molar-refractivity contribution in [3.63, 3.8) is 0 Å². The van der Waals surface area contributed by atoms with Crippen molar-refractivity contribution in [3.8, 4) is 5.69 Å². The van der Waals surface area contributed by atoms with Gasteiger partial charge in [-0.05, 0) is 48.5 Å². The average Bonchev–Trinajstić information content (AvgIpc) is 3.29. The summed E-state index contributed by atoms with van der Waals surface area (Å²) in [4.78, 5) is 0. The number of aromatic nitrogens is 1. The summed E-state index contributed by atoms with van der Waals surface area (Å²) in [6.45, 7) is 0. The van der Waals surface area contributed by atoms with Crippen molar-refractivity contribution in [1.29, 1.82) is 0 Å². The molecule has 0 unspecified atom stereocenters. The van der Waals surface area contributed by atoms with Gasteiger partial charge >= 0.3 is 0 Å². The summed E-state index contributed by atoms with van der Waals surface area (Å²) in [7, 11) is 0.